The zero-order valence-corrected chi connectivity index (χ0v) is 12.0. The summed E-state index contributed by atoms with van der Waals surface area (Å²) < 4.78 is 13.0. The maximum atomic E-state index is 13.0. The van der Waals surface area contributed by atoms with E-state index in [1.54, 1.807) is 12.1 Å². The molecule has 19 heavy (non-hydrogen) atoms. The number of rotatable bonds is 8. The summed E-state index contributed by atoms with van der Waals surface area (Å²) in [6.07, 6.45) is 5.03. The lowest BCUT2D eigenvalue weighted by Crippen LogP contribution is -2.31. The van der Waals surface area contributed by atoms with Gasteiger partial charge in [-0.3, -0.25) is 0 Å². The lowest BCUT2D eigenvalue weighted by atomic mass is 10.0. The quantitative estimate of drug-likeness (QED) is 0.774. The molecule has 0 heterocycles. The van der Waals surface area contributed by atoms with Gasteiger partial charge in [0.2, 0.25) is 0 Å². The molecular formula is C16H25FN2. The van der Waals surface area contributed by atoms with Crippen molar-refractivity contribution in [3.8, 4) is 0 Å². The van der Waals surface area contributed by atoms with Gasteiger partial charge in [0.25, 0.3) is 0 Å². The van der Waals surface area contributed by atoms with E-state index in [4.69, 9.17) is 0 Å². The Morgan fingerprint density at radius 2 is 1.95 bits per heavy atom. The zero-order chi connectivity index (χ0) is 13.7. The summed E-state index contributed by atoms with van der Waals surface area (Å²) in [6.45, 7) is 4.57. The van der Waals surface area contributed by atoms with Crippen LogP contribution in [0.2, 0.25) is 0 Å². The van der Waals surface area contributed by atoms with E-state index in [-0.39, 0.29) is 5.82 Å². The highest BCUT2D eigenvalue weighted by molar-refractivity contribution is 5.19. The molecule has 106 valence electrons. The predicted octanol–water partition coefficient (Wildman–Crippen LogP) is 3.35. The molecule has 0 aromatic heterocycles. The predicted molar refractivity (Wildman–Crippen MR) is 77.7 cm³/mol. The van der Waals surface area contributed by atoms with Crippen molar-refractivity contribution >= 4 is 0 Å². The molecule has 1 aliphatic rings. The van der Waals surface area contributed by atoms with Crippen LogP contribution in [-0.2, 0) is 0 Å². The first-order valence-corrected chi connectivity index (χ1v) is 7.41. The SMILES string of the molecule is CCCN(CCC(NC)c1ccc(F)cc1)C1CC1. The highest BCUT2D eigenvalue weighted by Gasteiger charge is 2.28. The number of hydrogen-bond acceptors (Lipinski definition) is 2. The smallest absolute Gasteiger partial charge is 0.123 e. The lowest BCUT2D eigenvalue weighted by Gasteiger charge is -2.24. The molecule has 0 spiro atoms. The Hall–Kier alpha value is -0.930. The number of nitrogens with one attached hydrogen (secondary N) is 1. The Balaban J connectivity index is 1.89. The first-order chi connectivity index (χ1) is 9.24. The molecule has 1 saturated carbocycles. The summed E-state index contributed by atoms with van der Waals surface area (Å²) in [6, 6.07) is 8.01. The molecule has 1 N–H and O–H groups in total. The van der Waals surface area contributed by atoms with Crippen LogP contribution in [0.15, 0.2) is 24.3 Å². The molecule has 1 aromatic carbocycles. The molecule has 2 nitrogen and oxygen atoms in total. The van der Waals surface area contributed by atoms with Crippen molar-refractivity contribution in [1.82, 2.24) is 10.2 Å². The van der Waals surface area contributed by atoms with Crippen LogP contribution in [0.25, 0.3) is 0 Å². The first-order valence-electron chi connectivity index (χ1n) is 7.41. The van der Waals surface area contributed by atoms with Gasteiger partial charge in [-0.05, 0) is 57.0 Å². The third-order valence-electron chi connectivity index (χ3n) is 3.90. The second-order valence-corrected chi connectivity index (χ2v) is 5.45. The molecule has 1 atom stereocenters. The van der Waals surface area contributed by atoms with E-state index in [0.717, 1.165) is 19.0 Å². The van der Waals surface area contributed by atoms with Gasteiger partial charge in [-0.25, -0.2) is 4.39 Å². The molecule has 1 unspecified atom stereocenters. The minimum atomic E-state index is -0.163. The van der Waals surface area contributed by atoms with E-state index in [0.29, 0.717) is 6.04 Å². The summed E-state index contributed by atoms with van der Waals surface area (Å²) in [4.78, 5) is 2.61. The summed E-state index contributed by atoms with van der Waals surface area (Å²) in [7, 11) is 1.98. The fraction of sp³-hybridized carbons (Fsp3) is 0.625. The van der Waals surface area contributed by atoms with Crippen LogP contribution in [0, 0.1) is 5.82 Å². The maximum Gasteiger partial charge on any atom is 0.123 e. The minimum Gasteiger partial charge on any atom is -0.313 e. The zero-order valence-electron chi connectivity index (χ0n) is 12.0. The number of benzene rings is 1. The molecule has 1 aromatic rings. The largest absolute Gasteiger partial charge is 0.313 e. The first kappa shape index (κ1) is 14.5. The van der Waals surface area contributed by atoms with E-state index >= 15 is 0 Å². The standard InChI is InChI=1S/C16H25FN2/c1-3-11-19(15-8-9-15)12-10-16(18-2)13-4-6-14(17)7-5-13/h4-7,15-16,18H,3,8-12H2,1-2H3. The van der Waals surface area contributed by atoms with E-state index < -0.39 is 0 Å². The molecule has 3 heteroatoms. The van der Waals surface area contributed by atoms with Gasteiger partial charge in [0.05, 0.1) is 0 Å². The van der Waals surface area contributed by atoms with Gasteiger partial charge in [0, 0.05) is 18.6 Å². The topological polar surface area (TPSA) is 15.3 Å². The van der Waals surface area contributed by atoms with Crippen molar-refractivity contribution in [2.75, 3.05) is 20.1 Å². The second-order valence-electron chi connectivity index (χ2n) is 5.45. The van der Waals surface area contributed by atoms with Crippen molar-refractivity contribution in [3.63, 3.8) is 0 Å². The molecule has 0 amide bonds. The summed E-state index contributed by atoms with van der Waals surface area (Å²) >= 11 is 0. The van der Waals surface area contributed by atoms with Crippen LogP contribution in [0.3, 0.4) is 0 Å². The van der Waals surface area contributed by atoms with Crippen LogP contribution in [0.4, 0.5) is 4.39 Å². The van der Waals surface area contributed by atoms with Crippen molar-refractivity contribution in [3.05, 3.63) is 35.6 Å². The average Bonchev–Trinajstić information content (AvgIpc) is 3.24. The molecule has 1 fully saturated rings. The molecule has 0 bridgehead atoms. The number of halogens is 1. The van der Waals surface area contributed by atoms with Gasteiger partial charge in [0.15, 0.2) is 0 Å². The van der Waals surface area contributed by atoms with Crippen LogP contribution in [0.5, 0.6) is 0 Å². The van der Waals surface area contributed by atoms with Crippen LogP contribution in [0.1, 0.15) is 44.2 Å². The molecule has 0 aliphatic heterocycles. The molecule has 1 aliphatic carbocycles. The van der Waals surface area contributed by atoms with E-state index in [2.05, 4.69) is 17.1 Å². The maximum absolute atomic E-state index is 13.0. The Labute approximate surface area is 116 Å². The highest BCUT2D eigenvalue weighted by atomic mass is 19.1. The van der Waals surface area contributed by atoms with E-state index in [1.807, 2.05) is 19.2 Å². The number of nitrogens with zero attached hydrogens (tertiary/aromatic N) is 1. The normalized spacial score (nSPS) is 16.8. The van der Waals surface area contributed by atoms with Crippen LogP contribution >= 0.6 is 0 Å². The van der Waals surface area contributed by atoms with Gasteiger partial charge in [0.1, 0.15) is 5.82 Å². The molecule has 0 radical (unpaired) electrons. The van der Waals surface area contributed by atoms with Crippen LogP contribution in [-0.4, -0.2) is 31.1 Å². The van der Waals surface area contributed by atoms with E-state index in [9.17, 15) is 4.39 Å². The van der Waals surface area contributed by atoms with Gasteiger partial charge in [-0.1, -0.05) is 19.1 Å². The average molecular weight is 264 g/mol. The van der Waals surface area contributed by atoms with Crippen molar-refractivity contribution in [2.24, 2.45) is 0 Å². The Morgan fingerprint density at radius 1 is 1.26 bits per heavy atom. The fourth-order valence-electron chi connectivity index (χ4n) is 2.67. The highest BCUT2D eigenvalue weighted by Crippen LogP contribution is 2.28. The van der Waals surface area contributed by atoms with E-state index in [1.165, 1.54) is 31.4 Å². The van der Waals surface area contributed by atoms with Crippen molar-refractivity contribution in [1.29, 1.82) is 0 Å². The third-order valence-corrected chi connectivity index (χ3v) is 3.90. The van der Waals surface area contributed by atoms with Gasteiger partial charge in [-0.2, -0.15) is 0 Å². The van der Waals surface area contributed by atoms with Crippen LogP contribution < -0.4 is 5.32 Å². The number of hydrogen-bond donors (Lipinski definition) is 1. The van der Waals surface area contributed by atoms with Gasteiger partial charge in [-0.15, -0.1) is 0 Å². The molecule has 0 saturated heterocycles. The fourth-order valence-corrected chi connectivity index (χ4v) is 2.67. The lowest BCUT2D eigenvalue weighted by molar-refractivity contribution is 0.249. The van der Waals surface area contributed by atoms with Gasteiger partial charge >= 0.3 is 0 Å². The third kappa shape index (κ3) is 4.29. The van der Waals surface area contributed by atoms with Crippen molar-refractivity contribution in [2.45, 2.75) is 44.7 Å². The Kier molecular flexibility index (Phi) is 5.34. The molecule has 2 rings (SSSR count). The Morgan fingerprint density at radius 3 is 2.47 bits per heavy atom. The summed E-state index contributed by atoms with van der Waals surface area (Å²) in [5.41, 5.74) is 1.18. The van der Waals surface area contributed by atoms with Gasteiger partial charge < -0.3 is 10.2 Å². The monoisotopic (exact) mass is 264 g/mol. The summed E-state index contributed by atoms with van der Waals surface area (Å²) in [5.74, 6) is -0.163. The second kappa shape index (κ2) is 7.01. The Bertz CT molecular complexity index is 373. The van der Waals surface area contributed by atoms with Crippen molar-refractivity contribution < 1.29 is 4.39 Å². The summed E-state index contributed by atoms with van der Waals surface area (Å²) in [5, 5.41) is 3.35. The molecular weight excluding hydrogens is 239 g/mol. The minimum absolute atomic E-state index is 0.163.